The monoisotopic (exact) mass is 374 g/mol. The minimum Gasteiger partial charge on any atom is -0.475 e. The highest BCUT2D eigenvalue weighted by atomic mass is 79.9. The number of rotatable bonds is 5. The van der Waals surface area contributed by atoms with Crippen LogP contribution in [-0.4, -0.2) is 24.5 Å². The largest absolute Gasteiger partial charge is 0.475 e. The topological polar surface area (TPSA) is 110 Å². The zero-order valence-electron chi connectivity index (χ0n) is 10.8. The van der Waals surface area contributed by atoms with Gasteiger partial charge in [-0.3, -0.25) is 4.98 Å². The highest BCUT2D eigenvalue weighted by Gasteiger charge is 2.26. The van der Waals surface area contributed by atoms with E-state index in [1.807, 2.05) is 0 Å². The number of hydrogen-bond acceptors (Lipinski definition) is 5. The van der Waals surface area contributed by atoms with Crippen molar-refractivity contribution in [3.8, 4) is 0 Å². The van der Waals surface area contributed by atoms with Crippen LogP contribution >= 0.6 is 15.9 Å². The molecule has 0 aliphatic carbocycles. The molecule has 7 nitrogen and oxygen atoms in total. The first-order chi connectivity index (χ1) is 9.81. The third-order valence-electron chi connectivity index (χ3n) is 2.69. The van der Waals surface area contributed by atoms with Crippen molar-refractivity contribution in [2.24, 2.45) is 0 Å². The number of carboxylic acid groups (broad SMARTS) is 1. The van der Waals surface area contributed by atoms with E-state index in [1.54, 1.807) is 31.5 Å². The normalized spacial score (nSPS) is 13.0. The molecule has 2 N–H and O–H groups in total. The predicted octanol–water partition coefficient (Wildman–Crippen LogP) is 2.17. The average molecular weight is 375 g/mol. The number of carboxylic acids is 1. The highest BCUT2D eigenvalue weighted by molar-refractivity contribution is 9.10. The van der Waals surface area contributed by atoms with Gasteiger partial charge in [0.1, 0.15) is 4.90 Å². The van der Waals surface area contributed by atoms with E-state index in [0.29, 0.717) is 0 Å². The fourth-order valence-corrected chi connectivity index (χ4v) is 3.83. The molecule has 112 valence electrons. The Morgan fingerprint density at radius 2 is 2.05 bits per heavy atom. The Kier molecular flexibility index (Phi) is 4.45. The van der Waals surface area contributed by atoms with Crippen molar-refractivity contribution in [2.45, 2.75) is 17.9 Å². The van der Waals surface area contributed by atoms with Crippen LogP contribution in [0.4, 0.5) is 0 Å². The maximum Gasteiger partial charge on any atom is 0.371 e. The van der Waals surface area contributed by atoms with Crippen LogP contribution in [0.2, 0.25) is 0 Å². The summed E-state index contributed by atoms with van der Waals surface area (Å²) in [5, 5.41) is 8.81. The van der Waals surface area contributed by atoms with Gasteiger partial charge in [0.2, 0.25) is 15.8 Å². The van der Waals surface area contributed by atoms with Crippen LogP contribution in [0.5, 0.6) is 0 Å². The van der Waals surface area contributed by atoms with E-state index in [4.69, 9.17) is 9.52 Å². The molecule has 2 aromatic rings. The molecule has 9 heteroatoms. The van der Waals surface area contributed by atoms with Crippen molar-refractivity contribution in [1.29, 1.82) is 0 Å². The second-order valence-corrected chi connectivity index (χ2v) is 6.58. The number of carbonyl (C=O) groups is 1. The van der Waals surface area contributed by atoms with Crippen molar-refractivity contribution in [1.82, 2.24) is 9.71 Å². The van der Waals surface area contributed by atoms with Crippen molar-refractivity contribution >= 4 is 31.9 Å². The molecule has 0 spiro atoms. The van der Waals surface area contributed by atoms with Gasteiger partial charge in [-0.25, -0.2) is 17.9 Å². The van der Waals surface area contributed by atoms with E-state index in [0.717, 1.165) is 11.6 Å². The molecule has 0 aliphatic rings. The standard InChI is InChI=1S/C12H11BrN2O5S/c1-7(8-2-4-14-5-3-8)15-21(18,19)10-6-9(12(16)17)20-11(10)13/h2-7,15H,1H3,(H,16,17). The van der Waals surface area contributed by atoms with Crippen LogP contribution in [0.25, 0.3) is 0 Å². The van der Waals surface area contributed by atoms with E-state index in [9.17, 15) is 13.2 Å². The minimum atomic E-state index is -3.93. The lowest BCUT2D eigenvalue weighted by molar-refractivity contribution is 0.0661. The predicted molar refractivity (Wildman–Crippen MR) is 76.3 cm³/mol. The van der Waals surface area contributed by atoms with Crippen LogP contribution in [0.1, 0.15) is 29.1 Å². The second-order valence-electron chi connectivity index (χ2n) is 4.18. The zero-order valence-corrected chi connectivity index (χ0v) is 13.2. The number of aromatic nitrogens is 1. The number of nitrogens with one attached hydrogen (secondary N) is 1. The molecule has 0 amide bonds. The Morgan fingerprint density at radius 3 is 2.57 bits per heavy atom. The van der Waals surface area contributed by atoms with E-state index < -0.39 is 27.8 Å². The summed E-state index contributed by atoms with van der Waals surface area (Å²) in [6.07, 6.45) is 3.10. The summed E-state index contributed by atoms with van der Waals surface area (Å²) in [5.41, 5.74) is 0.728. The summed E-state index contributed by atoms with van der Waals surface area (Å²) < 4.78 is 31.6. The first-order valence-corrected chi connectivity index (χ1v) is 8.04. The van der Waals surface area contributed by atoms with E-state index in [2.05, 4.69) is 25.6 Å². The quantitative estimate of drug-likeness (QED) is 0.829. The fourth-order valence-electron chi connectivity index (χ4n) is 1.66. The van der Waals surface area contributed by atoms with Gasteiger partial charge in [0.05, 0.1) is 0 Å². The molecule has 0 bridgehead atoms. The number of furan rings is 1. The van der Waals surface area contributed by atoms with Crippen molar-refractivity contribution < 1.29 is 22.7 Å². The Labute approximate surface area is 129 Å². The Balaban J connectivity index is 2.29. The lowest BCUT2D eigenvalue weighted by atomic mass is 10.1. The number of hydrogen-bond donors (Lipinski definition) is 2. The van der Waals surface area contributed by atoms with Crippen molar-refractivity contribution in [3.63, 3.8) is 0 Å². The summed E-state index contributed by atoms with van der Waals surface area (Å²) in [4.78, 5) is 14.4. The molecule has 0 radical (unpaired) electrons. The first kappa shape index (κ1) is 15.7. The molecule has 0 aliphatic heterocycles. The molecule has 0 saturated carbocycles. The average Bonchev–Trinajstić information content (AvgIpc) is 2.82. The SMILES string of the molecule is CC(NS(=O)(=O)c1cc(C(=O)O)oc1Br)c1ccncc1. The first-order valence-electron chi connectivity index (χ1n) is 5.76. The molecular formula is C12H11BrN2O5S. The smallest absolute Gasteiger partial charge is 0.371 e. The van der Waals surface area contributed by atoms with Gasteiger partial charge in [-0.2, -0.15) is 0 Å². The molecule has 0 aromatic carbocycles. The van der Waals surface area contributed by atoms with E-state index in [-0.39, 0.29) is 9.56 Å². The van der Waals surface area contributed by atoms with Crippen LogP contribution in [-0.2, 0) is 10.0 Å². The van der Waals surface area contributed by atoms with Gasteiger partial charge in [0, 0.05) is 24.5 Å². The molecule has 0 saturated heterocycles. The van der Waals surface area contributed by atoms with Crippen molar-refractivity contribution in [2.75, 3.05) is 0 Å². The molecular weight excluding hydrogens is 364 g/mol. The number of nitrogens with zero attached hydrogens (tertiary/aromatic N) is 1. The number of pyridine rings is 1. The van der Waals surface area contributed by atoms with Gasteiger partial charge in [-0.15, -0.1) is 0 Å². The molecule has 1 unspecified atom stereocenters. The summed E-state index contributed by atoms with van der Waals surface area (Å²) in [6.45, 7) is 1.67. The summed E-state index contributed by atoms with van der Waals surface area (Å²) >= 11 is 2.91. The van der Waals surface area contributed by atoms with Gasteiger partial charge < -0.3 is 9.52 Å². The lowest BCUT2D eigenvalue weighted by Crippen LogP contribution is -2.26. The summed E-state index contributed by atoms with van der Waals surface area (Å²) in [6, 6.07) is 3.81. The molecule has 21 heavy (non-hydrogen) atoms. The van der Waals surface area contributed by atoms with Gasteiger partial charge in [0.15, 0.2) is 4.67 Å². The van der Waals surface area contributed by atoms with Crippen LogP contribution in [0.15, 0.2) is 44.6 Å². The Morgan fingerprint density at radius 1 is 1.43 bits per heavy atom. The maximum atomic E-state index is 12.3. The van der Waals surface area contributed by atoms with E-state index >= 15 is 0 Å². The third-order valence-corrected chi connectivity index (χ3v) is 5.09. The third kappa shape index (κ3) is 3.49. The molecule has 2 aromatic heterocycles. The number of sulfonamides is 1. The number of aromatic carboxylic acids is 1. The maximum absolute atomic E-state index is 12.3. The summed E-state index contributed by atoms with van der Waals surface area (Å²) in [7, 11) is -3.93. The lowest BCUT2D eigenvalue weighted by Gasteiger charge is -2.13. The second kappa shape index (κ2) is 5.96. The van der Waals surface area contributed by atoms with Crippen LogP contribution in [0.3, 0.4) is 0 Å². The highest BCUT2D eigenvalue weighted by Crippen LogP contribution is 2.27. The van der Waals surface area contributed by atoms with E-state index in [1.165, 1.54) is 0 Å². The molecule has 2 rings (SSSR count). The Hall–Kier alpha value is -1.71. The van der Waals surface area contributed by atoms with Crippen LogP contribution in [0, 0.1) is 0 Å². The van der Waals surface area contributed by atoms with Gasteiger partial charge in [0.25, 0.3) is 0 Å². The van der Waals surface area contributed by atoms with Gasteiger partial charge in [-0.05, 0) is 40.5 Å². The van der Waals surface area contributed by atoms with Crippen LogP contribution < -0.4 is 4.72 Å². The molecule has 2 heterocycles. The van der Waals surface area contributed by atoms with Gasteiger partial charge >= 0.3 is 5.97 Å². The molecule has 1 atom stereocenters. The minimum absolute atomic E-state index is 0.158. The summed E-state index contributed by atoms with van der Waals surface area (Å²) in [5.74, 6) is -1.81. The fraction of sp³-hybridized carbons (Fsp3) is 0.167. The van der Waals surface area contributed by atoms with Gasteiger partial charge in [-0.1, -0.05) is 0 Å². The Bertz CT molecular complexity index is 757. The zero-order chi connectivity index (χ0) is 15.6. The number of halogens is 1. The van der Waals surface area contributed by atoms with Crippen molar-refractivity contribution in [3.05, 3.63) is 46.6 Å². The molecule has 0 fully saturated rings.